The van der Waals surface area contributed by atoms with E-state index < -0.39 is 0 Å². The lowest BCUT2D eigenvalue weighted by Gasteiger charge is -2.06. The molecule has 0 spiro atoms. The molecule has 0 amide bonds. The van der Waals surface area contributed by atoms with Crippen LogP contribution >= 0.6 is 0 Å². The van der Waals surface area contributed by atoms with Crippen LogP contribution < -0.4 is 0 Å². The maximum Gasteiger partial charge on any atom is 0.0859 e. The molecule has 1 nitrogen and oxygen atoms in total. The Morgan fingerprint density at radius 1 is 1.07 bits per heavy atom. The van der Waals surface area contributed by atoms with Crippen LogP contribution in [0.2, 0.25) is 0 Å². The standard InChI is InChI=1S/C14H14O/c1-11(10-15-2)13-9-5-7-12-6-3-4-8-14(12)13/h3-10H,1-2H3. The molecule has 0 heterocycles. The maximum atomic E-state index is 5.04. The Bertz CT molecular complexity index is 492. The third-order valence-corrected chi connectivity index (χ3v) is 2.51. The molecule has 1 heteroatoms. The van der Waals surface area contributed by atoms with Crippen LogP contribution in [0.5, 0.6) is 0 Å². The van der Waals surface area contributed by atoms with E-state index in [0.29, 0.717) is 0 Å². The van der Waals surface area contributed by atoms with Gasteiger partial charge in [-0.05, 0) is 28.8 Å². The normalized spacial score (nSPS) is 11.7. The number of hydrogen-bond acceptors (Lipinski definition) is 1. The van der Waals surface area contributed by atoms with E-state index in [1.54, 1.807) is 13.4 Å². The molecule has 2 aromatic rings. The summed E-state index contributed by atoms with van der Waals surface area (Å²) >= 11 is 0. The summed E-state index contributed by atoms with van der Waals surface area (Å²) in [5, 5.41) is 2.53. The fourth-order valence-corrected chi connectivity index (χ4v) is 1.81. The summed E-state index contributed by atoms with van der Waals surface area (Å²) < 4.78 is 5.04. The fraction of sp³-hybridized carbons (Fsp3) is 0.143. The number of methoxy groups -OCH3 is 1. The van der Waals surface area contributed by atoms with Crippen LogP contribution in [0.1, 0.15) is 12.5 Å². The van der Waals surface area contributed by atoms with Crippen molar-refractivity contribution >= 4 is 16.3 Å². The first-order valence-corrected chi connectivity index (χ1v) is 5.00. The van der Waals surface area contributed by atoms with Crippen LogP contribution in [0.25, 0.3) is 16.3 Å². The summed E-state index contributed by atoms with van der Waals surface area (Å²) in [4.78, 5) is 0. The van der Waals surface area contributed by atoms with Gasteiger partial charge in [-0.3, -0.25) is 0 Å². The molecule has 0 N–H and O–H groups in total. The number of benzene rings is 2. The van der Waals surface area contributed by atoms with E-state index in [1.165, 1.54) is 16.3 Å². The van der Waals surface area contributed by atoms with Crippen molar-refractivity contribution in [2.45, 2.75) is 6.92 Å². The highest BCUT2D eigenvalue weighted by Crippen LogP contribution is 2.24. The molecular weight excluding hydrogens is 184 g/mol. The molecular formula is C14H14O. The molecule has 0 atom stereocenters. The monoisotopic (exact) mass is 198 g/mol. The minimum atomic E-state index is 1.15. The molecule has 0 saturated heterocycles. The molecule has 2 aromatic carbocycles. The Kier molecular flexibility index (Phi) is 2.72. The highest BCUT2D eigenvalue weighted by Gasteiger charge is 2.01. The zero-order valence-corrected chi connectivity index (χ0v) is 9.03. The molecule has 0 aliphatic heterocycles. The predicted molar refractivity (Wildman–Crippen MR) is 64.6 cm³/mol. The lowest BCUT2D eigenvalue weighted by Crippen LogP contribution is -1.83. The Morgan fingerprint density at radius 2 is 1.80 bits per heavy atom. The van der Waals surface area contributed by atoms with E-state index in [1.807, 2.05) is 0 Å². The Balaban J connectivity index is 2.66. The van der Waals surface area contributed by atoms with Crippen molar-refractivity contribution in [1.29, 1.82) is 0 Å². The molecule has 15 heavy (non-hydrogen) atoms. The Hall–Kier alpha value is -1.76. The van der Waals surface area contributed by atoms with Gasteiger partial charge in [0, 0.05) is 0 Å². The van der Waals surface area contributed by atoms with E-state index in [4.69, 9.17) is 4.74 Å². The van der Waals surface area contributed by atoms with E-state index in [9.17, 15) is 0 Å². The van der Waals surface area contributed by atoms with Gasteiger partial charge in [0.2, 0.25) is 0 Å². The number of rotatable bonds is 2. The van der Waals surface area contributed by atoms with Crippen molar-refractivity contribution in [3.05, 3.63) is 54.3 Å². The first-order valence-electron chi connectivity index (χ1n) is 5.00. The second-order valence-corrected chi connectivity index (χ2v) is 3.56. The molecule has 0 aliphatic rings. The maximum absolute atomic E-state index is 5.04. The summed E-state index contributed by atoms with van der Waals surface area (Å²) in [6.07, 6.45) is 1.78. The highest BCUT2D eigenvalue weighted by atomic mass is 16.5. The lowest BCUT2D eigenvalue weighted by molar-refractivity contribution is 0.339. The topological polar surface area (TPSA) is 9.23 Å². The van der Waals surface area contributed by atoms with Gasteiger partial charge in [-0.25, -0.2) is 0 Å². The number of hydrogen-bond donors (Lipinski definition) is 0. The van der Waals surface area contributed by atoms with Gasteiger partial charge in [0.15, 0.2) is 0 Å². The Labute approximate surface area is 90.0 Å². The molecule has 0 unspecified atom stereocenters. The third-order valence-electron chi connectivity index (χ3n) is 2.51. The number of fused-ring (bicyclic) bond motifs is 1. The van der Waals surface area contributed by atoms with Crippen LogP contribution in [-0.2, 0) is 4.74 Å². The lowest BCUT2D eigenvalue weighted by atomic mass is 10.0. The van der Waals surface area contributed by atoms with Crippen molar-refractivity contribution in [1.82, 2.24) is 0 Å². The van der Waals surface area contributed by atoms with Gasteiger partial charge in [-0.2, -0.15) is 0 Å². The van der Waals surface area contributed by atoms with Crippen LogP contribution in [0, 0.1) is 0 Å². The van der Waals surface area contributed by atoms with Crippen LogP contribution in [0.4, 0.5) is 0 Å². The fourth-order valence-electron chi connectivity index (χ4n) is 1.81. The van der Waals surface area contributed by atoms with Gasteiger partial charge >= 0.3 is 0 Å². The average Bonchev–Trinajstić information content (AvgIpc) is 2.28. The van der Waals surface area contributed by atoms with Gasteiger partial charge in [-0.1, -0.05) is 42.5 Å². The largest absolute Gasteiger partial charge is 0.504 e. The first-order chi connectivity index (χ1) is 7.33. The summed E-state index contributed by atoms with van der Waals surface area (Å²) in [5.74, 6) is 0. The summed E-state index contributed by atoms with van der Waals surface area (Å²) in [7, 11) is 1.68. The van der Waals surface area contributed by atoms with Crippen molar-refractivity contribution < 1.29 is 4.74 Å². The first kappa shape index (κ1) is 9.78. The van der Waals surface area contributed by atoms with Gasteiger partial charge in [0.1, 0.15) is 0 Å². The van der Waals surface area contributed by atoms with E-state index in [0.717, 1.165) is 5.57 Å². The molecule has 0 bridgehead atoms. The minimum Gasteiger partial charge on any atom is -0.504 e. The van der Waals surface area contributed by atoms with Crippen molar-refractivity contribution in [2.75, 3.05) is 7.11 Å². The molecule has 0 fully saturated rings. The number of ether oxygens (including phenoxy) is 1. The Morgan fingerprint density at radius 3 is 2.60 bits per heavy atom. The molecule has 0 saturated carbocycles. The second-order valence-electron chi connectivity index (χ2n) is 3.56. The smallest absolute Gasteiger partial charge is 0.0859 e. The molecule has 76 valence electrons. The van der Waals surface area contributed by atoms with Gasteiger partial charge in [0.25, 0.3) is 0 Å². The summed E-state index contributed by atoms with van der Waals surface area (Å²) in [6, 6.07) is 14.7. The zero-order chi connectivity index (χ0) is 10.7. The number of allylic oxidation sites excluding steroid dienone is 1. The second kappa shape index (κ2) is 4.18. The molecule has 0 radical (unpaired) electrons. The van der Waals surface area contributed by atoms with Crippen LogP contribution in [0.15, 0.2) is 48.7 Å². The summed E-state index contributed by atoms with van der Waals surface area (Å²) in [5.41, 5.74) is 2.38. The SMILES string of the molecule is COC=C(C)c1cccc2ccccc12. The van der Waals surface area contributed by atoms with Gasteiger partial charge in [0.05, 0.1) is 13.4 Å². The van der Waals surface area contributed by atoms with Gasteiger partial charge in [-0.15, -0.1) is 0 Å². The van der Waals surface area contributed by atoms with Crippen molar-refractivity contribution in [2.24, 2.45) is 0 Å². The third kappa shape index (κ3) is 1.86. The van der Waals surface area contributed by atoms with E-state index in [-0.39, 0.29) is 0 Å². The van der Waals surface area contributed by atoms with Gasteiger partial charge < -0.3 is 4.74 Å². The van der Waals surface area contributed by atoms with Crippen LogP contribution in [0.3, 0.4) is 0 Å². The molecule has 0 aliphatic carbocycles. The van der Waals surface area contributed by atoms with E-state index >= 15 is 0 Å². The van der Waals surface area contributed by atoms with Crippen molar-refractivity contribution in [3.63, 3.8) is 0 Å². The average molecular weight is 198 g/mol. The van der Waals surface area contributed by atoms with Crippen LogP contribution in [-0.4, -0.2) is 7.11 Å². The molecule has 0 aromatic heterocycles. The summed E-state index contributed by atoms with van der Waals surface area (Å²) in [6.45, 7) is 2.06. The predicted octanol–water partition coefficient (Wildman–Crippen LogP) is 3.85. The quantitative estimate of drug-likeness (QED) is 0.666. The zero-order valence-electron chi connectivity index (χ0n) is 9.03. The minimum absolute atomic E-state index is 1.15. The van der Waals surface area contributed by atoms with E-state index in [2.05, 4.69) is 49.4 Å². The molecule has 2 rings (SSSR count). The highest BCUT2D eigenvalue weighted by molar-refractivity contribution is 5.93. The van der Waals surface area contributed by atoms with Crippen molar-refractivity contribution in [3.8, 4) is 0 Å².